The van der Waals surface area contributed by atoms with Crippen molar-refractivity contribution in [3.8, 4) is 6.19 Å². The van der Waals surface area contributed by atoms with Crippen LogP contribution in [-0.4, -0.2) is 48.5 Å². The molecular weight excluding hydrogens is 464 g/mol. The van der Waals surface area contributed by atoms with Crippen molar-refractivity contribution in [2.75, 3.05) is 18.4 Å². The molecule has 2 N–H and O–H groups in total. The minimum Gasteiger partial charge on any atom is -0.342 e. The summed E-state index contributed by atoms with van der Waals surface area (Å²) in [7, 11) is -3.46. The van der Waals surface area contributed by atoms with Gasteiger partial charge in [0, 0.05) is 37.1 Å². The van der Waals surface area contributed by atoms with Crippen LogP contribution in [0, 0.1) is 17.4 Å². The molecule has 1 aromatic carbocycles. The van der Waals surface area contributed by atoms with Crippen molar-refractivity contribution in [1.82, 2.24) is 15.2 Å². The third-order valence-electron chi connectivity index (χ3n) is 6.67. The fraction of sp³-hybridized carbons (Fsp3) is 0.440. The first kappa shape index (κ1) is 24.7. The summed E-state index contributed by atoms with van der Waals surface area (Å²) < 4.78 is 26.4. The van der Waals surface area contributed by atoms with Gasteiger partial charge in [-0.25, -0.2) is 13.4 Å². The molecular formula is C25H30N6O3S. The number of likely N-dealkylation sites (tertiary alicyclic amines) is 1. The van der Waals surface area contributed by atoms with Gasteiger partial charge < -0.3 is 10.2 Å². The predicted octanol–water partition coefficient (Wildman–Crippen LogP) is 3.08. The monoisotopic (exact) mass is 494 g/mol. The fourth-order valence-corrected chi connectivity index (χ4v) is 6.49. The highest BCUT2D eigenvalue weighted by Crippen LogP contribution is 2.33. The van der Waals surface area contributed by atoms with Crippen molar-refractivity contribution >= 4 is 27.4 Å². The summed E-state index contributed by atoms with van der Waals surface area (Å²) in [6, 6.07) is 10.2. The molecule has 1 saturated heterocycles. The van der Waals surface area contributed by atoms with Crippen molar-refractivity contribution in [2.45, 2.75) is 55.2 Å². The number of hydrogen-bond donors (Lipinski definition) is 2. The first-order chi connectivity index (χ1) is 17.0. The number of anilines is 1. The number of guanidine groups is 1. The fourth-order valence-electron chi connectivity index (χ4n) is 4.70. The van der Waals surface area contributed by atoms with Gasteiger partial charge in [0.2, 0.25) is 11.9 Å². The zero-order valence-electron chi connectivity index (χ0n) is 19.6. The van der Waals surface area contributed by atoms with E-state index in [1.165, 1.54) is 0 Å². The van der Waals surface area contributed by atoms with Crippen LogP contribution in [0.15, 0.2) is 58.7 Å². The van der Waals surface area contributed by atoms with E-state index in [-0.39, 0.29) is 24.3 Å². The number of benzene rings is 1. The van der Waals surface area contributed by atoms with E-state index in [1.807, 2.05) is 11.1 Å². The SMILES string of the molecule is N#CNC(=NCc1ccc(S(=O)(=O)C2CCC(C(=O)N3CCCC3)CC2)cc1)Nc1ccncc1. The third kappa shape index (κ3) is 6.17. The molecule has 0 spiro atoms. The van der Waals surface area contributed by atoms with Gasteiger partial charge in [-0.3, -0.25) is 15.1 Å². The molecule has 2 fully saturated rings. The van der Waals surface area contributed by atoms with Crippen LogP contribution in [0.25, 0.3) is 0 Å². The second-order valence-corrected chi connectivity index (χ2v) is 11.2. The number of nitrogens with one attached hydrogen (secondary N) is 2. The largest absolute Gasteiger partial charge is 0.342 e. The smallest absolute Gasteiger partial charge is 0.225 e. The average Bonchev–Trinajstić information content (AvgIpc) is 3.43. The molecule has 0 atom stereocenters. The predicted molar refractivity (Wildman–Crippen MR) is 133 cm³/mol. The van der Waals surface area contributed by atoms with E-state index in [0.29, 0.717) is 30.6 Å². The highest BCUT2D eigenvalue weighted by Gasteiger charge is 2.36. The summed E-state index contributed by atoms with van der Waals surface area (Å²) in [5.41, 5.74) is 1.55. The van der Waals surface area contributed by atoms with Gasteiger partial charge in [0.1, 0.15) is 0 Å². The Kier molecular flexibility index (Phi) is 7.98. The molecule has 1 aliphatic carbocycles. The molecule has 1 amide bonds. The second-order valence-electron chi connectivity index (χ2n) is 8.96. The molecule has 1 aliphatic heterocycles. The van der Waals surface area contributed by atoms with Gasteiger partial charge in [0.25, 0.3) is 0 Å². The lowest BCUT2D eigenvalue weighted by Crippen LogP contribution is -2.37. The number of sulfone groups is 1. The molecule has 9 nitrogen and oxygen atoms in total. The average molecular weight is 495 g/mol. The Morgan fingerprint density at radius 3 is 2.34 bits per heavy atom. The number of aromatic nitrogens is 1. The summed E-state index contributed by atoms with van der Waals surface area (Å²) in [6.45, 7) is 1.94. The Morgan fingerprint density at radius 1 is 1.06 bits per heavy atom. The van der Waals surface area contributed by atoms with E-state index < -0.39 is 15.1 Å². The Hall–Kier alpha value is -3.45. The minimum absolute atomic E-state index is 0.0447. The highest BCUT2D eigenvalue weighted by atomic mass is 32.2. The number of nitriles is 1. The van der Waals surface area contributed by atoms with E-state index in [9.17, 15) is 13.2 Å². The maximum atomic E-state index is 13.2. The minimum atomic E-state index is -3.46. The Bertz CT molecular complexity index is 1180. The van der Waals surface area contributed by atoms with Crippen LogP contribution >= 0.6 is 0 Å². The molecule has 0 bridgehead atoms. The summed E-state index contributed by atoms with van der Waals surface area (Å²) in [4.78, 5) is 23.2. The Balaban J connectivity index is 1.35. The maximum absolute atomic E-state index is 13.2. The quantitative estimate of drug-likeness (QED) is 0.273. The van der Waals surface area contributed by atoms with Crippen LogP contribution in [-0.2, 0) is 21.2 Å². The number of carbonyl (C=O) groups is 1. The molecule has 184 valence electrons. The summed E-state index contributed by atoms with van der Waals surface area (Å²) in [6.07, 6.45) is 9.53. The zero-order valence-corrected chi connectivity index (χ0v) is 20.4. The number of pyridine rings is 1. The van der Waals surface area contributed by atoms with Crippen molar-refractivity contribution in [3.05, 3.63) is 54.4 Å². The molecule has 1 saturated carbocycles. The topological polar surface area (TPSA) is 128 Å². The van der Waals surface area contributed by atoms with E-state index in [2.05, 4.69) is 20.6 Å². The van der Waals surface area contributed by atoms with Crippen LogP contribution in [0.3, 0.4) is 0 Å². The highest BCUT2D eigenvalue weighted by molar-refractivity contribution is 7.92. The Labute approximate surface area is 206 Å². The molecule has 1 aromatic heterocycles. The molecule has 4 rings (SSSR count). The number of carbonyl (C=O) groups excluding carboxylic acids is 1. The van der Waals surface area contributed by atoms with Gasteiger partial charge in [-0.2, -0.15) is 5.26 Å². The molecule has 0 unspecified atom stereocenters. The molecule has 2 heterocycles. The molecule has 0 radical (unpaired) electrons. The zero-order chi connectivity index (χ0) is 24.7. The van der Waals surface area contributed by atoms with Crippen LogP contribution in [0.4, 0.5) is 5.69 Å². The lowest BCUT2D eigenvalue weighted by molar-refractivity contribution is -0.135. The van der Waals surface area contributed by atoms with E-state index in [0.717, 1.165) is 37.2 Å². The molecule has 10 heteroatoms. The van der Waals surface area contributed by atoms with Crippen LogP contribution < -0.4 is 10.6 Å². The van der Waals surface area contributed by atoms with Gasteiger partial charge in [-0.1, -0.05) is 12.1 Å². The van der Waals surface area contributed by atoms with E-state index in [1.54, 1.807) is 48.8 Å². The lowest BCUT2D eigenvalue weighted by Gasteiger charge is -2.30. The third-order valence-corrected chi connectivity index (χ3v) is 8.95. The second kappa shape index (κ2) is 11.3. The first-order valence-electron chi connectivity index (χ1n) is 12.0. The number of hydrogen-bond acceptors (Lipinski definition) is 6. The van der Waals surface area contributed by atoms with Crippen LogP contribution in [0.1, 0.15) is 44.1 Å². The molecule has 35 heavy (non-hydrogen) atoms. The van der Waals surface area contributed by atoms with Crippen LogP contribution in [0.5, 0.6) is 0 Å². The normalized spacial score (nSPS) is 20.8. The number of aliphatic imine (C=N–C) groups is 1. The van der Waals surface area contributed by atoms with Gasteiger partial charge in [0.05, 0.1) is 16.7 Å². The van der Waals surface area contributed by atoms with Crippen LogP contribution in [0.2, 0.25) is 0 Å². The van der Waals surface area contributed by atoms with Crippen molar-refractivity contribution in [2.24, 2.45) is 10.9 Å². The van der Waals surface area contributed by atoms with E-state index >= 15 is 0 Å². The standard InChI is InChI=1S/C25H30N6O3S/c26-18-29-25(30-21-11-13-27-14-12-21)28-17-19-3-7-22(8-4-19)35(33,34)23-9-5-20(6-10-23)24(32)31-15-1-2-16-31/h3-4,7-8,11-14,20,23H,1-2,5-6,9-10,15-17H2,(H2,27,28,29,30). The summed E-state index contributed by atoms with van der Waals surface area (Å²) in [5.74, 6) is 0.444. The first-order valence-corrected chi connectivity index (χ1v) is 13.5. The van der Waals surface area contributed by atoms with Crippen molar-refractivity contribution < 1.29 is 13.2 Å². The Morgan fingerprint density at radius 2 is 1.71 bits per heavy atom. The molecule has 2 aromatic rings. The summed E-state index contributed by atoms with van der Waals surface area (Å²) >= 11 is 0. The number of nitrogens with zero attached hydrogens (tertiary/aromatic N) is 4. The van der Waals surface area contributed by atoms with Crippen molar-refractivity contribution in [3.63, 3.8) is 0 Å². The van der Waals surface area contributed by atoms with Gasteiger partial charge in [0.15, 0.2) is 16.0 Å². The van der Waals surface area contributed by atoms with Crippen molar-refractivity contribution in [1.29, 1.82) is 5.26 Å². The lowest BCUT2D eigenvalue weighted by atomic mass is 9.88. The maximum Gasteiger partial charge on any atom is 0.225 e. The summed E-state index contributed by atoms with van der Waals surface area (Å²) in [5, 5.41) is 14.0. The van der Waals surface area contributed by atoms with Gasteiger partial charge in [-0.05, 0) is 68.4 Å². The van der Waals surface area contributed by atoms with Gasteiger partial charge >= 0.3 is 0 Å². The van der Waals surface area contributed by atoms with E-state index in [4.69, 9.17) is 5.26 Å². The van der Waals surface area contributed by atoms with Gasteiger partial charge in [-0.15, -0.1) is 0 Å². The molecule has 2 aliphatic rings. The number of amides is 1. The number of rotatable bonds is 6.